The Labute approximate surface area is 211 Å². The van der Waals surface area contributed by atoms with E-state index in [9.17, 15) is 18.8 Å². The number of nitrogens with zero attached hydrogens (tertiary/aromatic N) is 3. The van der Waals surface area contributed by atoms with E-state index in [1.165, 1.54) is 40.1 Å². The number of anilines is 1. The van der Waals surface area contributed by atoms with Gasteiger partial charge in [-0.1, -0.05) is 29.8 Å². The summed E-state index contributed by atoms with van der Waals surface area (Å²) in [5.41, 5.74) is 6.37. The molecule has 4 rings (SSSR count). The van der Waals surface area contributed by atoms with E-state index in [4.69, 9.17) is 22.1 Å². The zero-order chi connectivity index (χ0) is 25.8. The molecule has 3 N–H and O–H groups in total. The molecular formula is C25H23ClFN5O4. The third kappa shape index (κ3) is 5.55. The average Bonchev–Trinajstić information content (AvgIpc) is 2.85. The number of aromatic nitrogens is 1. The SMILES string of the molecule is CCN1C(=O)CC(Nc2ccc(Oc3cccc(C(N)=O)n3)c(F)c2)N(Cc2ccc(Cl)cc2)C1=O. The lowest BCUT2D eigenvalue weighted by Gasteiger charge is -2.40. The maximum Gasteiger partial charge on any atom is 0.328 e. The lowest BCUT2D eigenvalue weighted by molar-refractivity contribution is -0.132. The van der Waals surface area contributed by atoms with Crippen LogP contribution < -0.4 is 15.8 Å². The van der Waals surface area contributed by atoms with Gasteiger partial charge in [0.25, 0.3) is 5.91 Å². The molecule has 0 aliphatic carbocycles. The molecule has 9 nitrogen and oxygen atoms in total. The Morgan fingerprint density at radius 3 is 2.61 bits per heavy atom. The predicted molar refractivity (Wildman–Crippen MR) is 131 cm³/mol. The Hall–Kier alpha value is -4.18. The van der Waals surface area contributed by atoms with Crippen molar-refractivity contribution >= 4 is 35.1 Å². The van der Waals surface area contributed by atoms with E-state index in [1.54, 1.807) is 37.3 Å². The molecule has 0 spiro atoms. The van der Waals surface area contributed by atoms with Crippen LogP contribution in [0.5, 0.6) is 11.6 Å². The van der Waals surface area contributed by atoms with Gasteiger partial charge in [-0.05, 0) is 42.8 Å². The molecule has 1 unspecified atom stereocenters. The summed E-state index contributed by atoms with van der Waals surface area (Å²) in [6, 6.07) is 15.1. The number of rotatable bonds is 8. The number of amides is 4. The number of nitrogens with one attached hydrogen (secondary N) is 1. The average molecular weight is 512 g/mol. The second-order valence-electron chi connectivity index (χ2n) is 8.01. The van der Waals surface area contributed by atoms with Crippen LogP contribution in [0.2, 0.25) is 5.02 Å². The molecule has 2 heterocycles. The fraction of sp³-hybridized carbons (Fsp3) is 0.200. The van der Waals surface area contributed by atoms with E-state index in [0.29, 0.717) is 10.7 Å². The van der Waals surface area contributed by atoms with Crippen LogP contribution in [-0.4, -0.2) is 45.3 Å². The first-order chi connectivity index (χ1) is 17.2. The van der Waals surface area contributed by atoms with Gasteiger partial charge in [0.1, 0.15) is 11.9 Å². The third-order valence-electron chi connectivity index (χ3n) is 5.56. The fourth-order valence-corrected chi connectivity index (χ4v) is 3.90. The zero-order valence-corrected chi connectivity index (χ0v) is 20.0. The molecule has 1 aromatic heterocycles. The number of hydrogen-bond acceptors (Lipinski definition) is 6. The maximum atomic E-state index is 14.8. The predicted octanol–water partition coefficient (Wildman–Crippen LogP) is 4.38. The summed E-state index contributed by atoms with van der Waals surface area (Å²) in [4.78, 5) is 43.6. The highest BCUT2D eigenvalue weighted by atomic mass is 35.5. The molecule has 11 heteroatoms. The van der Waals surface area contributed by atoms with Crippen LogP contribution >= 0.6 is 11.6 Å². The number of hydrogen-bond donors (Lipinski definition) is 2. The van der Waals surface area contributed by atoms with Crippen molar-refractivity contribution in [1.82, 2.24) is 14.8 Å². The minimum absolute atomic E-state index is 0.00294. The number of primary amides is 1. The third-order valence-corrected chi connectivity index (χ3v) is 5.81. The number of halogens is 2. The fourth-order valence-electron chi connectivity index (χ4n) is 3.77. The van der Waals surface area contributed by atoms with Crippen molar-refractivity contribution in [3.63, 3.8) is 0 Å². The van der Waals surface area contributed by atoms with E-state index in [2.05, 4.69) is 10.3 Å². The van der Waals surface area contributed by atoms with Crippen LogP contribution in [-0.2, 0) is 11.3 Å². The smallest absolute Gasteiger partial charge is 0.328 e. The van der Waals surface area contributed by atoms with Crippen LogP contribution in [0.25, 0.3) is 0 Å². The monoisotopic (exact) mass is 511 g/mol. The Bertz CT molecular complexity index is 1300. The van der Waals surface area contributed by atoms with Crippen molar-refractivity contribution in [1.29, 1.82) is 0 Å². The molecule has 4 amide bonds. The summed E-state index contributed by atoms with van der Waals surface area (Å²) in [5, 5.41) is 3.65. The largest absolute Gasteiger partial charge is 0.436 e. The maximum absolute atomic E-state index is 14.8. The van der Waals surface area contributed by atoms with E-state index in [1.807, 2.05) is 0 Å². The highest BCUT2D eigenvalue weighted by molar-refractivity contribution is 6.30. The van der Waals surface area contributed by atoms with Crippen molar-refractivity contribution in [3.05, 3.63) is 82.8 Å². The molecule has 2 aromatic carbocycles. The Morgan fingerprint density at radius 1 is 1.19 bits per heavy atom. The second-order valence-corrected chi connectivity index (χ2v) is 8.45. The lowest BCUT2D eigenvalue weighted by atomic mass is 10.1. The van der Waals surface area contributed by atoms with Gasteiger partial charge >= 0.3 is 6.03 Å². The van der Waals surface area contributed by atoms with Crippen LogP contribution in [0.4, 0.5) is 14.9 Å². The van der Waals surface area contributed by atoms with Gasteiger partial charge in [0, 0.05) is 35.9 Å². The van der Waals surface area contributed by atoms with Gasteiger partial charge in [0.05, 0.1) is 6.42 Å². The second kappa shape index (κ2) is 10.6. The van der Waals surface area contributed by atoms with Crippen molar-refractivity contribution in [3.8, 4) is 11.6 Å². The summed E-state index contributed by atoms with van der Waals surface area (Å²) < 4.78 is 20.3. The highest BCUT2D eigenvalue weighted by Crippen LogP contribution is 2.28. The van der Waals surface area contributed by atoms with Crippen molar-refractivity contribution in [2.45, 2.75) is 26.1 Å². The molecule has 1 aliphatic heterocycles. The molecule has 0 saturated carbocycles. The molecule has 1 fully saturated rings. The molecular weight excluding hydrogens is 489 g/mol. The number of imide groups is 1. The zero-order valence-electron chi connectivity index (χ0n) is 19.3. The van der Waals surface area contributed by atoms with Crippen molar-refractivity contribution in [2.75, 3.05) is 11.9 Å². The van der Waals surface area contributed by atoms with Gasteiger partial charge in [-0.3, -0.25) is 19.4 Å². The minimum atomic E-state index is -0.734. The number of nitrogens with two attached hydrogens (primary N) is 1. The molecule has 3 aromatic rings. The molecule has 36 heavy (non-hydrogen) atoms. The lowest BCUT2D eigenvalue weighted by Crippen LogP contribution is -2.58. The van der Waals surface area contributed by atoms with Crippen LogP contribution in [0, 0.1) is 5.82 Å². The summed E-state index contributed by atoms with van der Waals surface area (Å²) in [7, 11) is 0. The molecule has 0 bridgehead atoms. The molecule has 1 atom stereocenters. The molecule has 0 radical (unpaired) electrons. The van der Waals surface area contributed by atoms with Crippen molar-refractivity contribution in [2.24, 2.45) is 5.73 Å². The topological polar surface area (TPSA) is 118 Å². The van der Waals surface area contributed by atoms with Gasteiger partial charge in [-0.15, -0.1) is 0 Å². The van der Waals surface area contributed by atoms with Gasteiger partial charge in [0.15, 0.2) is 11.6 Å². The molecule has 1 aliphatic rings. The van der Waals surface area contributed by atoms with Crippen molar-refractivity contribution < 1.29 is 23.5 Å². The number of benzene rings is 2. The van der Waals surface area contributed by atoms with Crippen LogP contribution in [0.15, 0.2) is 60.7 Å². The highest BCUT2D eigenvalue weighted by Gasteiger charge is 2.38. The number of carbonyl (C=O) groups excluding carboxylic acids is 3. The number of urea groups is 1. The van der Waals surface area contributed by atoms with Gasteiger partial charge < -0.3 is 15.8 Å². The standard InChI is InChI=1S/C25H23ClFN5O4/c1-2-31-23(33)13-21(32(25(31)35)14-15-6-8-16(26)9-7-15)29-17-10-11-20(18(27)12-17)36-22-5-3-4-19(30-22)24(28)34/h3-12,21,29H,2,13-14H2,1H3,(H2,28,34). The summed E-state index contributed by atoms with van der Waals surface area (Å²) in [5.74, 6) is -1.89. The van der Waals surface area contributed by atoms with Crippen LogP contribution in [0.1, 0.15) is 29.4 Å². The number of pyridine rings is 1. The van der Waals surface area contributed by atoms with Gasteiger partial charge in [-0.2, -0.15) is 0 Å². The van der Waals surface area contributed by atoms with E-state index < -0.39 is 23.9 Å². The molecule has 186 valence electrons. The Morgan fingerprint density at radius 2 is 1.94 bits per heavy atom. The first-order valence-electron chi connectivity index (χ1n) is 11.1. The van der Waals surface area contributed by atoms with Gasteiger partial charge in [0.2, 0.25) is 11.8 Å². The number of carbonyl (C=O) groups is 3. The van der Waals surface area contributed by atoms with E-state index in [-0.39, 0.29) is 42.7 Å². The van der Waals surface area contributed by atoms with Crippen LogP contribution in [0.3, 0.4) is 0 Å². The van der Waals surface area contributed by atoms with E-state index in [0.717, 1.165) is 5.56 Å². The summed E-state index contributed by atoms with van der Waals surface area (Å²) in [6.07, 6.45) is -0.694. The summed E-state index contributed by atoms with van der Waals surface area (Å²) >= 11 is 5.97. The summed E-state index contributed by atoms with van der Waals surface area (Å²) in [6.45, 7) is 2.20. The van der Waals surface area contributed by atoms with Gasteiger partial charge in [-0.25, -0.2) is 14.2 Å². The normalized spacial score (nSPS) is 15.7. The minimum Gasteiger partial charge on any atom is -0.436 e. The first-order valence-corrected chi connectivity index (χ1v) is 11.5. The molecule has 1 saturated heterocycles. The Balaban J connectivity index is 1.54. The first kappa shape index (κ1) is 24.9. The quantitative estimate of drug-likeness (QED) is 0.463. The van der Waals surface area contributed by atoms with E-state index >= 15 is 0 Å². The number of ether oxygens (including phenoxy) is 1. The Kier molecular flexibility index (Phi) is 7.35.